The molecule has 1 heterocycles. The Balaban J connectivity index is 2.15. The summed E-state index contributed by atoms with van der Waals surface area (Å²) in [5.41, 5.74) is 3.62. The third-order valence-corrected chi connectivity index (χ3v) is 6.54. The zero-order valence-corrected chi connectivity index (χ0v) is 19.4. The molecule has 1 aromatic carbocycles. The summed E-state index contributed by atoms with van der Waals surface area (Å²) < 4.78 is 41.8. The lowest BCUT2D eigenvalue weighted by molar-refractivity contribution is -0.138. The third-order valence-electron chi connectivity index (χ3n) is 6.54. The summed E-state index contributed by atoms with van der Waals surface area (Å²) in [6, 6.07) is 7.61. The van der Waals surface area contributed by atoms with Crippen LogP contribution in [-0.2, 0) is 17.4 Å². The lowest BCUT2D eigenvalue weighted by Crippen LogP contribution is -2.23. The van der Waals surface area contributed by atoms with Gasteiger partial charge in [0.2, 0.25) is 0 Å². The number of benzene rings is 1. The van der Waals surface area contributed by atoms with E-state index in [1.807, 2.05) is 0 Å². The molecule has 0 saturated heterocycles. The average Bonchev–Trinajstić information content (AvgIpc) is 3.08. The van der Waals surface area contributed by atoms with Crippen LogP contribution in [0.1, 0.15) is 106 Å². The molecule has 3 nitrogen and oxygen atoms in total. The van der Waals surface area contributed by atoms with Gasteiger partial charge in [0.05, 0.1) is 18.0 Å². The second-order valence-electron chi connectivity index (χ2n) is 9.80. The molecule has 0 radical (unpaired) electrons. The van der Waals surface area contributed by atoms with Crippen molar-refractivity contribution in [3.63, 3.8) is 0 Å². The molecular weight excluding hydrogens is 415 g/mol. The van der Waals surface area contributed by atoms with Gasteiger partial charge in [0.15, 0.2) is 0 Å². The quantitative estimate of drug-likeness (QED) is 0.452. The van der Waals surface area contributed by atoms with E-state index in [4.69, 9.17) is 0 Å². The second kappa shape index (κ2) is 9.72. The Bertz CT molecular complexity index is 926. The molecule has 0 aliphatic heterocycles. The average molecular weight is 450 g/mol. The highest BCUT2D eigenvalue weighted by Crippen LogP contribution is 2.42. The van der Waals surface area contributed by atoms with Crippen LogP contribution in [0, 0.1) is 5.92 Å². The largest absolute Gasteiger partial charge is 0.481 e. The Labute approximate surface area is 188 Å². The van der Waals surface area contributed by atoms with Crippen molar-refractivity contribution in [1.29, 1.82) is 0 Å². The van der Waals surface area contributed by atoms with Crippen molar-refractivity contribution in [3.8, 4) is 0 Å². The van der Waals surface area contributed by atoms with Gasteiger partial charge in [-0.05, 0) is 73.3 Å². The highest BCUT2D eigenvalue weighted by Gasteiger charge is 2.33. The maximum atomic E-state index is 13.2. The van der Waals surface area contributed by atoms with Crippen LogP contribution < -0.4 is 0 Å². The van der Waals surface area contributed by atoms with Crippen LogP contribution in [0.4, 0.5) is 13.2 Å². The molecule has 1 N–H and O–H groups in total. The van der Waals surface area contributed by atoms with E-state index in [0.29, 0.717) is 5.92 Å². The number of aryl methyl sites for hydroxylation is 1. The molecular formula is C26H34F3NO2. The standard InChI is InChI=1S/C26H34F3NO2/c1-16(2)8-13-22(18-9-11-21(12-10-18)26(27,28)29)30-23(17(3)4)14-19-6-5-7-20(25(19)30)15-24(31)32/h9-12,14,16-17,20,22H,5-8,13,15H2,1-4H3,(H,31,32)/t20?,22-/m0/s1. The SMILES string of the molecule is CC(C)CC[C@@H](c1ccc(C(F)(F)F)cc1)n1c(C(C)C)cc2c1C(CC(=O)O)CCC2. The number of hydrogen-bond acceptors (Lipinski definition) is 1. The summed E-state index contributed by atoms with van der Waals surface area (Å²) >= 11 is 0. The van der Waals surface area contributed by atoms with Crippen molar-refractivity contribution in [2.75, 3.05) is 0 Å². The second-order valence-corrected chi connectivity index (χ2v) is 9.80. The first-order valence-corrected chi connectivity index (χ1v) is 11.6. The van der Waals surface area contributed by atoms with Gasteiger partial charge in [-0.1, -0.05) is 39.8 Å². The molecule has 1 unspecified atom stereocenters. The zero-order valence-electron chi connectivity index (χ0n) is 19.4. The van der Waals surface area contributed by atoms with Crippen molar-refractivity contribution in [1.82, 2.24) is 4.57 Å². The minimum absolute atomic E-state index is 0.0697. The first kappa shape index (κ1) is 24.4. The van der Waals surface area contributed by atoms with Gasteiger partial charge in [-0.2, -0.15) is 13.2 Å². The molecule has 1 aliphatic rings. The van der Waals surface area contributed by atoms with Crippen molar-refractivity contribution in [3.05, 3.63) is 58.4 Å². The number of rotatable bonds is 8. The molecule has 0 fully saturated rings. The highest BCUT2D eigenvalue weighted by atomic mass is 19.4. The molecule has 1 aromatic heterocycles. The van der Waals surface area contributed by atoms with E-state index in [1.54, 1.807) is 12.1 Å². The lowest BCUT2D eigenvalue weighted by Gasteiger charge is -2.31. The topological polar surface area (TPSA) is 42.2 Å². The predicted octanol–water partition coefficient (Wildman–Crippen LogP) is 7.55. The van der Waals surface area contributed by atoms with Crippen LogP contribution in [0.25, 0.3) is 0 Å². The third kappa shape index (κ3) is 5.38. The summed E-state index contributed by atoms with van der Waals surface area (Å²) in [4.78, 5) is 11.6. The Hall–Kier alpha value is -2.24. The van der Waals surface area contributed by atoms with Crippen LogP contribution in [0.5, 0.6) is 0 Å². The maximum Gasteiger partial charge on any atom is 0.416 e. The number of hydrogen-bond donors (Lipinski definition) is 1. The van der Waals surface area contributed by atoms with Gasteiger partial charge in [0.25, 0.3) is 0 Å². The van der Waals surface area contributed by atoms with Crippen LogP contribution in [0.15, 0.2) is 30.3 Å². The molecule has 0 amide bonds. The fourth-order valence-electron chi connectivity index (χ4n) is 4.98. The van der Waals surface area contributed by atoms with E-state index in [1.165, 1.54) is 5.56 Å². The Kier molecular flexibility index (Phi) is 7.41. The molecule has 2 aromatic rings. The van der Waals surface area contributed by atoms with Crippen molar-refractivity contribution < 1.29 is 23.1 Å². The molecule has 1 aliphatic carbocycles. The molecule has 176 valence electrons. The van der Waals surface area contributed by atoms with Crippen LogP contribution in [0.2, 0.25) is 0 Å². The fraction of sp³-hybridized carbons (Fsp3) is 0.577. The van der Waals surface area contributed by atoms with Crippen molar-refractivity contribution >= 4 is 5.97 Å². The Morgan fingerprint density at radius 1 is 1.12 bits per heavy atom. The maximum absolute atomic E-state index is 13.2. The molecule has 3 rings (SSSR count). The summed E-state index contributed by atoms with van der Waals surface area (Å²) in [7, 11) is 0. The Morgan fingerprint density at radius 3 is 2.31 bits per heavy atom. The number of nitrogens with zero attached hydrogens (tertiary/aromatic N) is 1. The van der Waals surface area contributed by atoms with Gasteiger partial charge in [0.1, 0.15) is 0 Å². The van der Waals surface area contributed by atoms with Crippen LogP contribution >= 0.6 is 0 Å². The van der Waals surface area contributed by atoms with Gasteiger partial charge in [-0.15, -0.1) is 0 Å². The number of halogens is 3. The highest BCUT2D eigenvalue weighted by molar-refractivity contribution is 5.68. The molecule has 0 bridgehead atoms. The summed E-state index contributed by atoms with van der Waals surface area (Å²) in [6.45, 7) is 8.53. The zero-order chi connectivity index (χ0) is 23.6. The van der Waals surface area contributed by atoms with E-state index in [9.17, 15) is 23.1 Å². The number of alkyl halides is 3. The van der Waals surface area contributed by atoms with E-state index >= 15 is 0 Å². The first-order chi connectivity index (χ1) is 15.0. The molecule has 6 heteroatoms. The van der Waals surface area contributed by atoms with E-state index in [2.05, 4.69) is 38.3 Å². The smallest absolute Gasteiger partial charge is 0.416 e. The molecule has 2 atom stereocenters. The van der Waals surface area contributed by atoms with E-state index < -0.39 is 17.7 Å². The minimum Gasteiger partial charge on any atom is -0.481 e. The van der Waals surface area contributed by atoms with Crippen LogP contribution in [-0.4, -0.2) is 15.6 Å². The lowest BCUT2D eigenvalue weighted by atomic mass is 9.85. The summed E-state index contributed by atoms with van der Waals surface area (Å²) in [6.07, 6.45) is 0.145. The Morgan fingerprint density at radius 2 is 1.78 bits per heavy atom. The monoisotopic (exact) mass is 449 g/mol. The van der Waals surface area contributed by atoms with Crippen molar-refractivity contribution in [2.45, 2.75) is 90.3 Å². The van der Waals surface area contributed by atoms with Gasteiger partial charge < -0.3 is 9.67 Å². The van der Waals surface area contributed by atoms with Gasteiger partial charge in [-0.25, -0.2) is 0 Å². The minimum atomic E-state index is -4.37. The van der Waals surface area contributed by atoms with Gasteiger partial charge >= 0.3 is 12.1 Å². The van der Waals surface area contributed by atoms with Crippen LogP contribution in [0.3, 0.4) is 0 Å². The number of aliphatic carboxylic acids is 1. The fourth-order valence-corrected chi connectivity index (χ4v) is 4.98. The number of fused-ring (bicyclic) bond motifs is 1. The first-order valence-electron chi connectivity index (χ1n) is 11.6. The molecule has 0 spiro atoms. The molecule has 0 saturated carbocycles. The van der Waals surface area contributed by atoms with E-state index in [0.717, 1.165) is 61.2 Å². The number of carboxylic acid groups (broad SMARTS) is 1. The number of carboxylic acids is 1. The normalized spacial score (nSPS) is 17.6. The van der Waals surface area contributed by atoms with Gasteiger partial charge in [-0.3, -0.25) is 4.79 Å². The number of aromatic nitrogens is 1. The van der Waals surface area contributed by atoms with E-state index in [-0.39, 0.29) is 24.3 Å². The summed E-state index contributed by atoms with van der Waals surface area (Å²) in [5, 5.41) is 9.52. The molecule has 32 heavy (non-hydrogen) atoms. The summed E-state index contributed by atoms with van der Waals surface area (Å²) in [5.74, 6) is -0.201. The number of carbonyl (C=O) groups is 1. The predicted molar refractivity (Wildman–Crippen MR) is 120 cm³/mol. The van der Waals surface area contributed by atoms with Gasteiger partial charge in [0, 0.05) is 17.3 Å². The van der Waals surface area contributed by atoms with Crippen molar-refractivity contribution in [2.24, 2.45) is 5.92 Å².